The van der Waals surface area contributed by atoms with Crippen molar-refractivity contribution in [3.8, 4) is 5.75 Å². The molecule has 4 rings (SSSR count). The molecule has 33 heavy (non-hydrogen) atoms. The van der Waals surface area contributed by atoms with Crippen molar-refractivity contribution >= 4 is 58.4 Å². The number of halogens is 2. The van der Waals surface area contributed by atoms with E-state index in [1.54, 1.807) is 66.7 Å². The van der Waals surface area contributed by atoms with Crippen molar-refractivity contribution in [1.82, 2.24) is 5.43 Å². The minimum atomic E-state index is -0.515. The number of carbonyl (C=O) groups excluding carboxylic acids is 3. The standard InChI is InChI=1S/C24H17Cl2N3O4/c25-16-7-9-17(10-8-16)27-22(30)14-33-21-11-6-15(13-20(21)26)12-19-23(31)28-29(24(19)32)18-4-2-1-3-5-18/h1-13H,14H2,(H,27,30)(H,28,31)/b19-12-. The van der Waals surface area contributed by atoms with Crippen LogP contribution in [0.2, 0.25) is 10.0 Å². The van der Waals surface area contributed by atoms with E-state index in [1.807, 2.05) is 6.07 Å². The summed E-state index contributed by atoms with van der Waals surface area (Å²) in [7, 11) is 0. The van der Waals surface area contributed by atoms with Gasteiger partial charge in [0.2, 0.25) is 0 Å². The van der Waals surface area contributed by atoms with E-state index >= 15 is 0 Å². The maximum absolute atomic E-state index is 12.7. The number of amides is 3. The van der Waals surface area contributed by atoms with Gasteiger partial charge in [0, 0.05) is 10.7 Å². The first kappa shape index (κ1) is 22.4. The molecule has 1 aliphatic rings. The third-order valence-electron chi connectivity index (χ3n) is 4.66. The number of hydrogen-bond acceptors (Lipinski definition) is 4. The van der Waals surface area contributed by atoms with Crippen molar-refractivity contribution in [2.24, 2.45) is 0 Å². The van der Waals surface area contributed by atoms with E-state index in [0.717, 1.165) is 0 Å². The Bertz CT molecular complexity index is 1240. The summed E-state index contributed by atoms with van der Waals surface area (Å²) in [6.45, 7) is -0.254. The second-order valence-corrected chi connectivity index (χ2v) is 7.85. The van der Waals surface area contributed by atoms with Gasteiger partial charge in [-0.3, -0.25) is 19.8 Å². The van der Waals surface area contributed by atoms with Gasteiger partial charge in [-0.1, -0.05) is 47.5 Å². The molecule has 3 aromatic carbocycles. The topological polar surface area (TPSA) is 87.7 Å². The van der Waals surface area contributed by atoms with Gasteiger partial charge in [0.25, 0.3) is 17.7 Å². The highest BCUT2D eigenvalue weighted by molar-refractivity contribution is 6.33. The van der Waals surface area contributed by atoms with Crippen molar-refractivity contribution in [2.45, 2.75) is 0 Å². The van der Waals surface area contributed by atoms with Gasteiger partial charge in [-0.05, 0) is 60.2 Å². The Hall–Kier alpha value is -3.81. The molecule has 1 aliphatic heterocycles. The first-order chi connectivity index (χ1) is 15.9. The number of benzene rings is 3. The lowest BCUT2D eigenvalue weighted by Gasteiger charge is -2.13. The third kappa shape index (κ3) is 5.34. The predicted molar refractivity (Wildman–Crippen MR) is 127 cm³/mol. The van der Waals surface area contributed by atoms with Crippen LogP contribution < -0.4 is 20.5 Å². The van der Waals surface area contributed by atoms with Crippen LogP contribution in [0.1, 0.15) is 5.56 Å². The Morgan fingerprint density at radius 1 is 1.00 bits per heavy atom. The lowest BCUT2D eigenvalue weighted by Crippen LogP contribution is -2.35. The van der Waals surface area contributed by atoms with Crippen LogP contribution in [0.15, 0.2) is 78.4 Å². The summed E-state index contributed by atoms with van der Waals surface area (Å²) in [5.74, 6) is -1.06. The molecule has 1 saturated heterocycles. The molecule has 1 heterocycles. The van der Waals surface area contributed by atoms with Crippen LogP contribution in [0.3, 0.4) is 0 Å². The van der Waals surface area contributed by atoms with Crippen molar-refractivity contribution in [2.75, 3.05) is 16.9 Å². The van der Waals surface area contributed by atoms with Crippen molar-refractivity contribution in [3.63, 3.8) is 0 Å². The number of nitrogens with one attached hydrogen (secondary N) is 2. The number of ether oxygens (including phenoxy) is 1. The highest BCUT2D eigenvalue weighted by atomic mass is 35.5. The second kappa shape index (κ2) is 9.77. The fourth-order valence-electron chi connectivity index (χ4n) is 3.08. The highest BCUT2D eigenvalue weighted by Crippen LogP contribution is 2.28. The summed E-state index contributed by atoms with van der Waals surface area (Å²) in [6, 6.07) is 20.2. The number of hydrazine groups is 1. The average Bonchev–Trinajstić information content (AvgIpc) is 3.09. The van der Waals surface area contributed by atoms with Crippen LogP contribution in [0.4, 0.5) is 11.4 Å². The molecule has 0 bridgehead atoms. The zero-order chi connectivity index (χ0) is 23.4. The monoisotopic (exact) mass is 481 g/mol. The fourth-order valence-corrected chi connectivity index (χ4v) is 3.45. The number of rotatable bonds is 6. The zero-order valence-electron chi connectivity index (χ0n) is 17.0. The summed E-state index contributed by atoms with van der Waals surface area (Å²) >= 11 is 12.1. The molecule has 0 aromatic heterocycles. The average molecular weight is 482 g/mol. The number of anilines is 2. The smallest absolute Gasteiger partial charge is 0.282 e. The van der Waals surface area contributed by atoms with Crippen LogP contribution >= 0.6 is 23.2 Å². The van der Waals surface area contributed by atoms with Gasteiger partial charge in [-0.15, -0.1) is 0 Å². The molecule has 3 amide bonds. The largest absolute Gasteiger partial charge is 0.482 e. The Morgan fingerprint density at radius 3 is 2.42 bits per heavy atom. The normalized spacial score (nSPS) is 14.4. The minimum absolute atomic E-state index is 0.0223. The van der Waals surface area contributed by atoms with Gasteiger partial charge in [-0.25, -0.2) is 5.01 Å². The Morgan fingerprint density at radius 2 is 1.73 bits per heavy atom. The summed E-state index contributed by atoms with van der Waals surface area (Å²) < 4.78 is 5.49. The quantitative estimate of drug-likeness (QED) is 0.401. The zero-order valence-corrected chi connectivity index (χ0v) is 18.6. The maximum Gasteiger partial charge on any atom is 0.282 e. The third-order valence-corrected chi connectivity index (χ3v) is 5.21. The SMILES string of the molecule is O=C(COc1ccc(/C=C2/C(=O)NN(c3ccccc3)C2=O)cc1Cl)Nc1ccc(Cl)cc1. The molecule has 0 radical (unpaired) electrons. The molecule has 0 atom stereocenters. The van der Waals surface area contributed by atoms with Crippen LogP contribution in [-0.4, -0.2) is 24.3 Å². The van der Waals surface area contributed by atoms with E-state index in [-0.39, 0.29) is 28.9 Å². The predicted octanol–water partition coefficient (Wildman–Crippen LogP) is 4.47. The Labute approximate surface area is 199 Å². The lowest BCUT2D eigenvalue weighted by molar-refractivity contribution is -0.118. The minimum Gasteiger partial charge on any atom is -0.482 e. The van der Waals surface area contributed by atoms with Crippen LogP contribution in [0.25, 0.3) is 6.08 Å². The summed E-state index contributed by atoms with van der Waals surface area (Å²) in [6.07, 6.45) is 1.45. The van der Waals surface area contributed by atoms with Gasteiger partial charge in [0.15, 0.2) is 6.61 Å². The van der Waals surface area contributed by atoms with Crippen molar-refractivity contribution in [3.05, 3.63) is 94.0 Å². The molecule has 0 aliphatic carbocycles. The summed E-state index contributed by atoms with van der Waals surface area (Å²) in [5.41, 5.74) is 4.19. The van der Waals surface area contributed by atoms with E-state index in [9.17, 15) is 14.4 Å². The maximum atomic E-state index is 12.7. The fraction of sp³-hybridized carbons (Fsp3) is 0.0417. The second-order valence-electron chi connectivity index (χ2n) is 7.01. The van der Waals surface area contributed by atoms with Gasteiger partial charge in [0.05, 0.1) is 10.7 Å². The number of nitrogens with zero attached hydrogens (tertiary/aromatic N) is 1. The highest BCUT2D eigenvalue weighted by Gasteiger charge is 2.34. The van der Waals surface area contributed by atoms with Gasteiger partial charge in [0.1, 0.15) is 11.3 Å². The van der Waals surface area contributed by atoms with Crippen molar-refractivity contribution in [1.29, 1.82) is 0 Å². The van der Waals surface area contributed by atoms with Crippen LogP contribution in [-0.2, 0) is 14.4 Å². The molecule has 0 spiro atoms. The Balaban J connectivity index is 1.41. The van der Waals surface area contributed by atoms with E-state index < -0.39 is 11.8 Å². The first-order valence-corrected chi connectivity index (χ1v) is 10.6. The van der Waals surface area contributed by atoms with Crippen LogP contribution in [0, 0.1) is 0 Å². The van der Waals surface area contributed by atoms with Gasteiger partial charge >= 0.3 is 0 Å². The van der Waals surface area contributed by atoms with E-state index in [0.29, 0.717) is 22.0 Å². The lowest BCUT2D eigenvalue weighted by atomic mass is 10.1. The first-order valence-electron chi connectivity index (χ1n) is 9.80. The molecule has 2 N–H and O–H groups in total. The molecule has 7 nitrogen and oxygen atoms in total. The molecule has 1 fully saturated rings. The molecule has 0 unspecified atom stereocenters. The molecule has 3 aromatic rings. The summed E-state index contributed by atoms with van der Waals surface area (Å²) in [5, 5.41) is 4.67. The molecular formula is C24H17Cl2N3O4. The van der Waals surface area contributed by atoms with E-state index in [4.69, 9.17) is 27.9 Å². The van der Waals surface area contributed by atoms with E-state index in [2.05, 4.69) is 10.7 Å². The molecule has 0 saturated carbocycles. The van der Waals surface area contributed by atoms with E-state index in [1.165, 1.54) is 11.1 Å². The van der Waals surface area contributed by atoms with Gasteiger partial charge in [-0.2, -0.15) is 0 Å². The Kier molecular flexibility index (Phi) is 6.63. The molecule has 9 heteroatoms. The summed E-state index contributed by atoms with van der Waals surface area (Å²) in [4.78, 5) is 37.1. The molecule has 166 valence electrons. The van der Waals surface area contributed by atoms with Crippen LogP contribution in [0.5, 0.6) is 5.75 Å². The van der Waals surface area contributed by atoms with Crippen molar-refractivity contribution < 1.29 is 19.1 Å². The van der Waals surface area contributed by atoms with Gasteiger partial charge < -0.3 is 10.1 Å². The number of para-hydroxylation sites is 1. The number of hydrogen-bond donors (Lipinski definition) is 2. The number of carbonyl (C=O) groups is 3. The molecular weight excluding hydrogens is 465 g/mol.